The average Bonchev–Trinajstić information content (AvgIpc) is 4.24. The number of rotatable bonds is 8. The van der Waals surface area contributed by atoms with Crippen LogP contribution in [0.4, 0.5) is 34.1 Å². The highest BCUT2D eigenvalue weighted by Crippen LogP contribution is 2.66. The van der Waals surface area contributed by atoms with Gasteiger partial charge in [0.05, 0.1) is 16.4 Å². The van der Waals surface area contributed by atoms with Gasteiger partial charge in [-0.05, 0) is 180 Å². The van der Waals surface area contributed by atoms with Gasteiger partial charge in [0, 0.05) is 89.5 Å². The van der Waals surface area contributed by atoms with Gasteiger partial charge in [-0.15, -0.1) is 22.7 Å². The molecule has 12 aromatic rings. The quantitative estimate of drug-likeness (QED) is 0.151. The number of thiophene rings is 2. The zero-order valence-corrected chi connectivity index (χ0v) is 40.6. The van der Waals surface area contributed by atoms with Gasteiger partial charge in [0.25, 0.3) is 0 Å². The normalized spacial score (nSPS) is 13.2. The van der Waals surface area contributed by atoms with Crippen LogP contribution in [-0.4, -0.2) is 9.13 Å². The largest absolute Gasteiger partial charge is 0.341 e. The molecule has 4 heterocycles. The number of anilines is 6. The number of aryl methyl sites for hydroxylation is 4. The summed E-state index contributed by atoms with van der Waals surface area (Å²) in [6.07, 6.45) is 0. The molecule has 0 N–H and O–H groups in total. The van der Waals surface area contributed by atoms with Crippen LogP contribution in [0.5, 0.6) is 0 Å². The summed E-state index contributed by atoms with van der Waals surface area (Å²) in [5, 5.41) is 9.79. The number of hydrogen-bond acceptors (Lipinski definition) is 4. The highest BCUT2D eigenvalue weighted by atomic mass is 32.1. The van der Waals surface area contributed by atoms with Gasteiger partial charge < -0.3 is 18.9 Å². The first-order valence-corrected chi connectivity index (χ1v) is 25.9. The van der Waals surface area contributed by atoms with Gasteiger partial charge in [0.2, 0.25) is 0 Å². The van der Waals surface area contributed by atoms with Crippen LogP contribution in [-0.2, 0) is 18.5 Å². The Bertz CT molecular complexity index is 3770. The van der Waals surface area contributed by atoms with Crippen LogP contribution in [0.25, 0.3) is 64.5 Å². The molecule has 2 aliphatic carbocycles. The summed E-state index contributed by atoms with van der Waals surface area (Å²) >= 11 is 3.75. The predicted molar refractivity (Wildman–Crippen MR) is 295 cm³/mol. The molecule has 4 aromatic heterocycles. The molecule has 0 saturated heterocycles. The minimum Gasteiger partial charge on any atom is -0.341 e. The monoisotopic (exact) mass is 924 g/mol. The summed E-state index contributed by atoms with van der Waals surface area (Å²) in [7, 11) is 0. The van der Waals surface area contributed by atoms with Gasteiger partial charge in [0.1, 0.15) is 0 Å². The van der Waals surface area contributed by atoms with Crippen molar-refractivity contribution in [3.05, 3.63) is 226 Å². The molecule has 0 bridgehead atoms. The van der Waals surface area contributed by atoms with E-state index < -0.39 is 5.41 Å². The van der Waals surface area contributed by atoms with Crippen LogP contribution in [0, 0.1) is 13.8 Å². The van der Waals surface area contributed by atoms with Crippen LogP contribution < -0.4 is 9.80 Å². The van der Waals surface area contributed by atoms with Crippen molar-refractivity contribution in [1.82, 2.24) is 9.13 Å². The zero-order valence-electron chi connectivity index (χ0n) is 39.0. The number of hydrogen-bond donors (Lipinski definition) is 0. The lowest BCUT2D eigenvalue weighted by molar-refractivity contribution is 0.798. The van der Waals surface area contributed by atoms with Crippen LogP contribution in [0.2, 0.25) is 0 Å². The Morgan fingerprint density at radius 3 is 1.17 bits per heavy atom. The number of aromatic nitrogens is 2. The van der Waals surface area contributed by atoms with E-state index in [-0.39, 0.29) is 0 Å². The second-order valence-electron chi connectivity index (χ2n) is 18.8. The average molecular weight is 925 g/mol. The van der Waals surface area contributed by atoms with Crippen molar-refractivity contribution in [2.45, 2.75) is 46.2 Å². The van der Waals surface area contributed by atoms with Crippen LogP contribution in [0.3, 0.4) is 0 Å². The topological polar surface area (TPSA) is 16.3 Å². The third kappa shape index (κ3) is 5.67. The first-order valence-electron chi connectivity index (χ1n) is 24.2. The van der Waals surface area contributed by atoms with Crippen molar-refractivity contribution in [3.8, 4) is 20.9 Å². The highest BCUT2D eigenvalue weighted by Gasteiger charge is 2.53. The molecule has 0 unspecified atom stereocenters. The molecule has 1 spiro atoms. The Balaban J connectivity index is 0.985. The Kier molecular flexibility index (Phi) is 8.90. The van der Waals surface area contributed by atoms with Crippen LogP contribution in [0.1, 0.15) is 47.2 Å². The van der Waals surface area contributed by atoms with Crippen LogP contribution >= 0.6 is 22.7 Å². The Morgan fingerprint density at radius 2 is 0.754 bits per heavy atom. The highest BCUT2D eigenvalue weighted by molar-refractivity contribution is 7.21. The van der Waals surface area contributed by atoms with Gasteiger partial charge in [-0.25, -0.2) is 0 Å². The molecular formula is C63H48N4S2. The van der Waals surface area contributed by atoms with Gasteiger partial charge in [0.15, 0.2) is 0 Å². The molecule has 8 aromatic carbocycles. The molecule has 0 atom stereocenters. The lowest BCUT2D eigenvalue weighted by atomic mass is 9.71. The molecular weight excluding hydrogens is 877 g/mol. The van der Waals surface area contributed by atoms with E-state index in [1.807, 2.05) is 22.7 Å². The summed E-state index contributed by atoms with van der Waals surface area (Å²) in [6.45, 7) is 10.7. The van der Waals surface area contributed by atoms with E-state index in [1.54, 1.807) is 0 Å². The van der Waals surface area contributed by atoms with Gasteiger partial charge in [-0.3, -0.25) is 0 Å². The maximum absolute atomic E-state index is 2.52. The number of nitrogens with zero attached hydrogens (tertiary/aromatic N) is 4. The molecule has 0 aliphatic heterocycles. The molecule has 332 valence electrons. The Hall–Kier alpha value is -7.64. The summed E-state index contributed by atoms with van der Waals surface area (Å²) in [5.41, 5.74) is 22.0. The van der Waals surface area contributed by atoms with E-state index in [0.717, 1.165) is 47.2 Å². The lowest BCUT2D eigenvalue weighted by Gasteiger charge is -2.32. The SMILES string of the molecule is CCn1c2cc(C)ccc2c2ccc(N(c3ccccc3)c3ccc4c(c3)C3(c5cc(N(c6ccccc6)c6ccc7c8ccc(C)cc8n(CC)c7c6)ccc5-4)c4ccsc4-c4sccc43)cc21. The Labute approximate surface area is 410 Å². The van der Waals surface area contributed by atoms with Crippen molar-refractivity contribution < 1.29 is 0 Å². The van der Waals surface area contributed by atoms with Crippen molar-refractivity contribution in [3.63, 3.8) is 0 Å². The summed E-state index contributed by atoms with van der Waals surface area (Å²) in [5.74, 6) is 0. The van der Waals surface area contributed by atoms with E-state index in [1.165, 1.54) is 97.9 Å². The Morgan fingerprint density at radius 1 is 0.377 bits per heavy atom. The molecule has 0 fully saturated rings. The minimum absolute atomic E-state index is 0.501. The third-order valence-corrected chi connectivity index (χ3v) is 17.1. The molecule has 14 rings (SSSR count). The van der Waals surface area contributed by atoms with Gasteiger partial charge in [-0.2, -0.15) is 0 Å². The lowest BCUT2D eigenvalue weighted by Crippen LogP contribution is -2.26. The molecule has 0 saturated carbocycles. The first kappa shape index (κ1) is 40.4. The summed E-state index contributed by atoms with van der Waals surface area (Å²) in [4.78, 5) is 7.70. The summed E-state index contributed by atoms with van der Waals surface area (Å²) < 4.78 is 4.96. The minimum atomic E-state index is -0.501. The first-order chi connectivity index (χ1) is 33.9. The van der Waals surface area contributed by atoms with E-state index >= 15 is 0 Å². The molecule has 0 radical (unpaired) electrons. The molecule has 4 nitrogen and oxygen atoms in total. The second kappa shape index (κ2) is 15.2. The zero-order chi connectivity index (χ0) is 46.1. The van der Waals surface area contributed by atoms with Crippen molar-refractivity contribution in [2.75, 3.05) is 9.80 Å². The fourth-order valence-corrected chi connectivity index (χ4v) is 14.4. The third-order valence-electron chi connectivity index (χ3n) is 15.2. The maximum Gasteiger partial charge on any atom is 0.0743 e. The van der Waals surface area contributed by atoms with E-state index in [2.05, 4.69) is 239 Å². The number of para-hydroxylation sites is 2. The number of fused-ring (bicyclic) bond motifs is 16. The smallest absolute Gasteiger partial charge is 0.0743 e. The predicted octanol–water partition coefficient (Wildman–Crippen LogP) is 18.0. The summed E-state index contributed by atoms with van der Waals surface area (Å²) in [6, 6.07) is 69.1. The van der Waals surface area contributed by atoms with Crippen LogP contribution in [0.15, 0.2) is 193 Å². The van der Waals surface area contributed by atoms with Gasteiger partial charge >= 0.3 is 0 Å². The number of benzene rings is 8. The fourth-order valence-electron chi connectivity index (χ4n) is 12.3. The second-order valence-corrected chi connectivity index (χ2v) is 20.6. The molecule has 2 aliphatic rings. The van der Waals surface area contributed by atoms with E-state index in [0.29, 0.717) is 0 Å². The molecule has 69 heavy (non-hydrogen) atoms. The van der Waals surface area contributed by atoms with Crippen molar-refractivity contribution in [1.29, 1.82) is 0 Å². The fraction of sp³-hybridized carbons (Fsp3) is 0.111. The van der Waals surface area contributed by atoms with E-state index in [4.69, 9.17) is 0 Å². The van der Waals surface area contributed by atoms with Gasteiger partial charge in [-0.1, -0.05) is 84.9 Å². The van der Waals surface area contributed by atoms with Crippen molar-refractivity contribution >= 4 is 100 Å². The maximum atomic E-state index is 2.52. The van der Waals surface area contributed by atoms with Crippen molar-refractivity contribution in [2.24, 2.45) is 0 Å². The molecule has 6 heteroatoms. The van der Waals surface area contributed by atoms with E-state index in [9.17, 15) is 0 Å². The standard InChI is InChI=1S/C63H48N4S2/c1-5-64-57-33-39(3)17-23-49(57)51-27-21-45(37-59(51)64)66(41-13-9-7-10-14-41)43-19-25-47-48-26-20-44(36-56(48)63(55(47)35-43)53-29-31-68-61(53)62-54(63)30-32-69-62)67(42-15-11-8-12-16-42)46-22-28-52-50-24-18-40(4)34-58(50)65(6-2)60(52)38-46/h7-38H,5-6H2,1-4H3. The molecule has 0 amide bonds.